The van der Waals surface area contributed by atoms with Gasteiger partial charge in [-0.3, -0.25) is 19.1 Å². The van der Waals surface area contributed by atoms with Gasteiger partial charge in [0.15, 0.2) is 11.5 Å². The fourth-order valence-corrected chi connectivity index (χ4v) is 6.12. The highest BCUT2D eigenvalue weighted by Gasteiger charge is 2.32. The number of fused-ring (bicyclic) bond motifs is 1. The van der Waals surface area contributed by atoms with Crippen LogP contribution in [-0.4, -0.2) is 33.0 Å². The predicted octanol–water partition coefficient (Wildman–Crippen LogP) is 5.61. The number of nitrogens with zero attached hydrogens (tertiary/aromatic N) is 3. The smallest absolute Gasteiger partial charge is 0.270 e. The van der Waals surface area contributed by atoms with Crippen molar-refractivity contribution in [3.8, 4) is 17.6 Å². The van der Waals surface area contributed by atoms with Crippen LogP contribution in [0.15, 0.2) is 58.2 Å². The molecule has 3 heterocycles. The van der Waals surface area contributed by atoms with E-state index in [0.717, 1.165) is 24.0 Å². The molecule has 8 nitrogen and oxygen atoms in total. The molecule has 0 unspecified atom stereocenters. The number of rotatable bonds is 10. The molecular weight excluding hydrogens is 556 g/mol. The predicted molar refractivity (Wildman–Crippen MR) is 165 cm³/mol. The highest BCUT2D eigenvalue weighted by Crippen LogP contribution is 2.36. The van der Waals surface area contributed by atoms with Gasteiger partial charge in [-0.05, 0) is 54.7 Å². The average molecular weight is 587 g/mol. The normalized spacial score (nSPS) is 15.0. The minimum Gasteiger partial charge on any atom is -0.454 e. The number of ether oxygens (including phenoxy) is 2. The van der Waals surface area contributed by atoms with E-state index in [1.54, 1.807) is 22.5 Å². The van der Waals surface area contributed by atoms with Gasteiger partial charge in [-0.15, -0.1) is 0 Å². The third-order valence-electron chi connectivity index (χ3n) is 7.12. The summed E-state index contributed by atoms with van der Waals surface area (Å²) in [5, 5.41) is 13.3. The lowest BCUT2D eigenvalue weighted by molar-refractivity contribution is -0.122. The number of pyridine rings is 1. The monoisotopic (exact) mass is 586 g/mol. The van der Waals surface area contributed by atoms with Crippen LogP contribution in [0.4, 0.5) is 5.82 Å². The Hall–Kier alpha value is -4.07. The summed E-state index contributed by atoms with van der Waals surface area (Å²) < 4.78 is 13.1. The first-order valence-corrected chi connectivity index (χ1v) is 14.7. The third-order valence-corrected chi connectivity index (χ3v) is 8.50. The second-order valence-electron chi connectivity index (χ2n) is 9.79. The second kappa shape index (κ2) is 12.6. The van der Waals surface area contributed by atoms with E-state index in [-0.39, 0.29) is 23.8 Å². The maximum atomic E-state index is 13.5. The summed E-state index contributed by atoms with van der Waals surface area (Å²) in [5.74, 6) is 1.75. The first-order valence-electron chi connectivity index (χ1n) is 13.5. The Morgan fingerprint density at radius 2 is 1.88 bits per heavy atom. The number of amides is 1. The zero-order valence-corrected chi connectivity index (χ0v) is 24.6. The van der Waals surface area contributed by atoms with Crippen molar-refractivity contribution in [2.45, 2.75) is 46.2 Å². The van der Waals surface area contributed by atoms with E-state index in [2.05, 4.69) is 11.4 Å². The van der Waals surface area contributed by atoms with Crippen molar-refractivity contribution in [2.24, 2.45) is 0 Å². The third kappa shape index (κ3) is 6.01. The number of unbranched alkanes of at least 4 members (excludes halogenated alkanes) is 1. The van der Waals surface area contributed by atoms with Crippen LogP contribution < -0.4 is 20.3 Å². The SMILES string of the molecule is CCCCn1c(NCc2ccc3c(c2)OCO3)c(/C=C2/SC(=S)N(CCc3ccccc3)C2=O)c(C)c(C#N)c1=O. The Morgan fingerprint density at radius 3 is 2.63 bits per heavy atom. The molecule has 3 aromatic rings. The lowest BCUT2D eigenvalue weighted by Crippen LogP contribution is -2.30. The molecule has 0 spiro atoms. The van der Waals surface area contributed by atoms with Gasteiger partial charge in [0.1, 0.15) is 21.8 Å². The quantitative estimate of drug-likeness (QED) is 0.242. The molecule has 1 saturated heterocycles. The first kappa shape index (κ1) is 28.5. The van der Waals surface area contributed by atoms with E-state index >= 15 is 0 Å². The molecule has 10 heteroatoms. The van der Waals surface area contributed by atoms with Crippen molar-refractivity contribution < 1.29 is 14.3 Å². The summed E-state index contributed by atoms with van der Waals surface area (Å²) in [6.45, 7) is 5.29. The van der Waals surface area contributed by atoms with Crippen LogP contribution in [0.3, 0.4) is 0 Å². The topological polar surface area (TPSA) is 96.6 Å². The van der Waals surface area contributed by atoms with Crippen LogP contribution >= 0.6 is 24.0 Å². The fourth-order valence-electron chi connectivity index (χ4n) is 4.83. The van der Waals surface area contributed by atoms with Crippen molar-refractivity contribution in [1.29, 1.82) is 5.26 Å². The lowest BCUT2D eigenvalue weighted by atomic mass is 10.0. The number of hydrogen-bond donors (Lipinski definition) is 1. The van der Waals surface area contributed by atoms with E-state index in [9.17, 15) is 14.9 Å². The maximum absolute atomic E-state index is 13.5. The van der Waals surface area contributed by atoms with Crippen molar-refractivity contribution >= 4 is 46.1 Å². The number of nitrogens with one attached hydrogen (secondary N) is 1. The van der Waals surface area contributed by atoms with Gasteiger partial charge in [0.2, 0.25) is 6.79 Å². The van der Waals surface area contributed by atoms with Gasteiger partial charge in [-0.25, -0.2) is 0 Å². The molecule has 0 radical (unpaired) electrons. The van der Waals surface area contributed by atoms with Crippen molar-refractivity contribution in [1.82, 2.24) is 9.47 Å². The van der Waals surface area contributed by atoms with Gasteiger partial charge >= 0.3 is 0 Å². The molecule has 0 aliphatic carbocycles. The number of thioether (sulfide) groups is 1. The van der Waals surface area contributed by atoms with Crippen LogP contribution in [-0.2, 0) is 24.3 Å². The Labute approximate surface area is 248 Å². The Bertz CT molecular complexity index is 1630. The molecule has 2 aliphatic heterocycles. The summed E-state index contributed by atoms with van der Waals surface area (Å²) in [5.41, 5.74) is 2.93. The molecule has 2 aliphatic rings. The minimum absolute atomic E-state index is 0.0699. The average Bonchev–Trinajstić information content (AvgIpc) is 3.55. The Morgan fingerprint density at radius 1 is 1.10 bits per heavy atom. The van der Waals surface area contributed by atoms with E-state index in [4.69, 9.17) is 21.7 Å². The number of nitriles is 1. The molecule has 1 fully saturated rings. The summed E-state index contributed by atoms with van der Waals surface area (Å²) in [6.07, 6.45) is 4.08. The molecular formula is C31H30N4O4S2. The summed E-state index contributed by atoms with van der Waals surface area (Å²) in [7, 11) is 0. The number of thiocarbonyl (C=S) groups is 1. The number of carbonyl (C=O) groups is 1. The number of benzene rings is 2. The summed E-state index contributed by atoms with van der Waals surface area (Å²) in [6, 6.07) is 17.7. The van der Waals surface area contributed by atoms with E-state index in [1.165, 1.54) is 11.8 Å². The van der Waals surface area contributed by atoms with E-state index in [1.807, 2.05) is 55.5 Å². The standard InChI is InChI=1S/C31H30N4O4S2/c1-3-4-13-34-28(33-18-22-10-11-25-26(15-22)39-19-38-25)23(20(2)24(17-32)29(34)36)16-27-30(37)35(31(40)41-27)14-12-21-8-6-5-7-9-21/h5-11,15-16,33H,3-4,12-14,18-19H2,1-2H3/b27-16+. The summed E-state index contributed by atoms with van der Waals surface area (Å²) >= 11 is 6.82. The lowest BCUT2D eigenvalue weighted by Gasteiger charge is -2.20. The largest absolute Gasteiger partial charge is 0.454 e. The van der Waals surface area contributed by atoms with Gasteiger partial charge < -0.3 is 14.8 Å². The van der Waals surface area contributed by atoms with E-state index < -0.39 is 0 Å². The minimum atomic E-state index is -0.348. The van der Waals surface area contributed by atoms with Crippen molar-refractivity contribution in [2.75, 3.05) is 18.7 Å². The molecule has 1 N–H and O–H groups in total. The molecule has 1 aromatic heterocycles. The van der Waals surface area contributed by atoms with Gasteiger partial charge in [-0.1, -0.05) is 73.7 Å². The van der Waals surface area contributed by atoms with Crippen LogP contribution in [0.5, 0.6) is 11.5 Å². The van der Waals surface area contributed by atoms with Gasteiger partial charge in [0.05, 0.1) is 4.91 Å². The maximum Gasteiger partial charge on any atom is 0.270 e. The van der Waals surface area contributed by atoms with Crippen LogP contribution in [0.1, 0.15) is 47.6 Å². The van der Waals surface area contributed by atoms with E-state index in [0.29, 0.717) is 63.7 Å². The first-order chi connectivity index (χ1) is 19.9. The van der Waals surface area contributed by atoms with Gasteiger partial charge in [0, 0.05) is 25.2 Å². The van der Waals surface area contributed by atoms with Crippen molar-refractivity contribution in [3.63, 3.8) is 0 Å². The number of carbonyl (C=O) groups excluding carboxylic acids is 1. The second-order valence-corrected chi connectivity index (χ2v) is 11.5. The molecule has 2 aromatic carbocycles. The van der Waals surface area contributed by atoms with Crippen LogP contribution in [0.2, 0.25) is 0 Å². The molecule has 0 atom stereocenters. The zero-order chi connectivity index (χ0) is 28.9. The fraction of sp³-hybridized carbons (Fsp3) is 0.290. The zero-order valence-electron chi connectivity index (χ0n) is 22.9. The highest BCUT2D eigenvalue weighted by atomic mass is 32.2. The number of aromatic nitrogens is 1. The molecule has 210 valence electrons. The highest BCUT2D eigenvalue weighted by molar-refractivity contribution is 8.26. The molecule has 1 amide bonds. The van der Waals surface area contributed by atoms with Gasteiger partial charge in [-0.2, -0.15) is 5.26 Å². The molecule has 41 heavy (non-hydrogen) atoms. The van der Waals surface area contributed by atoms with Crippen LogP contribution in [0, 0.1) is 18.3 Å². The summed E-state index contributed by atoms with van der Waals surface area (Å²) in [4.78, 5) is 29.0. The number of anilines is 1. The molecule has 0 saturated carbocycles. The molecule has 0 bridgehead atoms. The Kier molecular flexibility index (Phi) is 8.76. The molecule has 5 rings (SSSR count). The van der Waals surface area contributed by atoms with Crippen LogP contribution in [0.25, 0.3) is 6.08 Å². The van der Waals surface area contributed by atoms with Gasteiger partial charge in [0.25, 0.3) is 11.5 Å². The van der Waals surface area contributed by atoms with Crippen molar-refractivity contribution in [3.05, 3.63) is 91.6 Å². The number of hydrogen-bond acceptors (Lipinski definition) is 8. The Balaban J connectivity index is 1.50.